The number of rotatable bonds is 7. The van der Waals surface area contributed by atoms with Crippen LogP contribution in [0.3, 0.4) is 0 Å². The molecule has 1 aromatic carbocycles. The molecule has 0 atom stereocenters. The smallest absolute Gasteiger partial charge is 0.270 e. The Kier molecular flexibility index (Phi) is 5.25. The number of hydrogen-bond donors (Lipinski definition) is 1. The molecule has 112 valence electrons. The first-order valence-electron chi connectivity index (χ1n) is 7.05. The highest BCUT2D eigenvalue weighted by Crippen LogP contribution is 2.14. The Morgan fingerprint density at radius 1 is 1.38 bits per heavy atom. The van der Waals surface area contributed by atoms with E-state index in [9.17, 15) is 4.79 Å². The zero-order valence-electron chi connectivity index (χ0n) is 12.2. The molecular formula is C14H19N5O2. The number of unbranched alkanes of at least 4 members (excludes halogenated alkanes) is 1. The van der Waals surface area contributed by atoms with E-state index < -0.39 is 0 Å². The van der Waals surface area contributed by atoms with Gasteiger partial charge in [0, 0.05) is 5.56 Å². The maximum absolute atomic E-state index is 12.1. The van der Waals surface area contributed by atoms with Crippen LogP contribution in [0.25, 0.3) is 0 Å². The molecule has 7 nitrogen and oxygen atoms in total. The molecular weight excluding hydrogens is 270 g/mol. The molecule has 1 heterocycles. The van der Waals surface area contributed by atoms with Crippen LogP contribution in [0.15, 0.2) is 24.3 Å². The number of nitrogens with one attached hydrogen (secondary N) is 1. The fraction of sp³-hybridized carbons (Fsp3) is 0.429. The van der Waals surface area contributed by atoms with Crippen molar-refractivity contribution in [1.82, 2.24) is 20.2 Å². The Labute approximate surface area is 123 Å². The molecule has 0 bridgehead atoms. The maximum atomic E-state index is 12.1. The van der Waals surface area contributed by atoms with Crippen LogP contribution in [0.2, 0.25) is 0 Å². The minimum absolute atomic E-state index is 0.206. The summed E-state index contributed by atoms with van der Waals surface area (Å²) >= 11 is 0. The van der Waals surface area contributed by atoms with E-state index >= 15 is 0 Å². The van der Waals surface area contributed by atoms with Crippen LogP contribution < -0.4 is 10.1 Å². The maximum Gasteiger partial charge on any atom is 0.270 e. The zero-order valence-corrected chi connectivity index (χ0v) is 12.2. The number of anilines is 1. The van der Waals surface area contributed by atoms with Gasteiger partial charge in [-0.25, -0.2) is 0 Å². The van der Waals surface area contributed by atoms with Crippen molar-refractivity contribution in [2.45, 2.75) is 33.2 Å². The van der Waals surface area contributed by atoms with E-state index in [0.717, 1.165) is 12.8 Å². The van der Waals surface area contributed by atoms with Crippen molar-refractivity contribution < 1.29 is 9.53 Å². The lowest BCUT2D eigenvalue weighted by Gasteiger charge is -2.05. The Morgan fingerprint density at radius 2 is 2.24 bits per heavy atom. The zero-order chi connectivity index (χ0) is 15.1. The number of nitrogens with zero attached hydrogens (tertiary/aromatic N) is 4. The van der Waals surface area contributed by atoms with Crippen LogP contribution in [0.1, 0.15) is 37.0 Å². The lowest BCUT2D eigenvalue weighted by Crippen LogP contribution is -2.13. The molecule has 1 amide bonds. The third-order valence-corrected chi connectivity index (χ3v) is 2.80. The number of amides is 1. The molecule has 21 heavy (non-hydrogen) atoms. The minimum Gasteiger partial charge on any atom is -0.494 e. The summed E-state index contributed by atoms with van der Waals surface area (Å²) in [5.41, 5.74) is 0.492. The van der Waals surface area contributed by atoms with E-state index in [0.29, 0.717) is 24.5 Å². The number of aromatic nitrogens is 4. The average Bonchev–Trinajstić information content (AvgIpc) is 2.93. The summed E-state index contributed by atoms with van der Waals surface area (Å²) in [6.45, 7) is 5.23. The Morgan fingerprint density at radius 3 is 3.00 bits per heavy atom. The lowest BCUT2D eigenvalue weighted by atomic mass is 10.2. The van der Waals surface area contributed by atoms with Gasteiger partial charge in [0.1, 0.15) is 5.75 Å². The van der Waals surface area contributed by atoms with Crippen LogP contribution in [-0.4, -0.2) is 32.7 Å². The number of hydrogen-bond acceptors (Lipinski definition) is 5. The summed E-state index contributed by atoms with van der Waals surface area (Å²) in [5.74, 6) is 0.578. The molecule has 2 aromatic rings. The second kappa shape index (κ2) is 7.37. The topological polar surface area (TPSA) is 81.9 Å². The highest BCUT2D eigenvalue weighted by atomic mass is 16.5. The normalized spacial score (nSPS) is 10.4. The number of carbonyl (C=O) groups is 1. The molecule has 0 saturated carbocycles. The molecule has 0 spiro atoms. The second-order valence-electron chi connectivity index (χ2n) is 4.48. The largest absolute Gasteiger partial charge is 0.494 e. The molecule has 0 aliphatic carbocycles. The van der Waals surface area contributed by atoms with Crippen LogP contribution in [0.5, 0.6) is 5.75 Å². The average molecular weight is 289 g/mol. The van der Waals surface area contributed by atoms with E-state index in [2.05, 4.69) is 27.7 Å². The highest BCUT2D eigenvalue weighted by Gasteiger charge is 2.10. The van der Waals surface area contributed by atoms with Gasteiger partial charge in [0.2, 0.25) is 0 Å². The summed E-state index contributed by atoms with van der Waals surface area (Å²) < 4.78 is 5.37. The fourth-order valence-corrected chi connectivity index (χ4v) is 1.76. The molecule has 0 saturated heterocycles. The summed E-state index contributed by atoms with van der Waals surface area (Å²) in [7, 11) is 0. The number of tetrazole rings is 1. The standard InChI is InChI=1S/C14H19N5O2/c1-3-5-9-19-17-14(16-18-19)15-13(20)11-7-6-8-12(10-11)21-4-2/h6-8,10H,3-5,9H2,1-2H3,(H,15,17,20). The van der Waals surface area contributed by atoms with E-state index in [1.165, 1.54) is 4.80 Å². The van der Waals surface area contributed by atoms with Gasteiger partial charge in [0.05, 0.1) is 13.2 Å². The van der Waals surface area contributed by atoms with Gasteiger partial charge in [-0.2, -0.15) is 4.80 Å². The van der Waals surface area contributed by atoms with Gasteiger partial charge >= 0.3 is 0 Å². The molecule has 7 heteroatoms. The van der Waals surface area contributed by atoms with E-state index in [1.807, 2.05) is 6.92 Å². The SMILES string of the molecule is CCCCn1nnc(NC(=O)c2cccc(OCC)c2)n1. The summed E-state index contributed by atoms with van der Waals surface area (Å²) in [6, 6.07) is 6.96. The first-order valence-corrected chi connectivity index (χ1v) is 7.05. The van der Waals surface area contributed by atoms with Crippen molar-refractivity contribution in [1.29, 1.82) is 0 Å². The van der Waals surface area contributed by atoms with Crippen molar-refractivity contribution >= 4 is 11.9 Å². The van der Waals surface area contributed by atoms with Crippen LogP contribution in [0.4, 0.5) is 5.95 Å². The van der Waals surface area contributed by atoms with Gasteiger partial charge in [-0.1, -0.05) is 24.5 Å². The molecule has 1 N–H and O–H groups in total. The Bertz CT molecular complexity index is 597. The second-order valence-corrected chi connectivity index (χ2v) is 4.48. The Hall–Kier alpha value is -2.44. The number of aryl methyl sites for hydroxylation is 1. The monoisotopic (exact) mass is 289 g/mol. The van der Waals surface area contributed by atoms with Crippen molar-refractivity contribution in [3.8, 4) is 5.75 Å². The first kappa shape index (κ1) is 15.0. The molecule has 0 fully saturated rings. The summed E-state index contributed by atoms with van der Waals surface area (Å²) in [4.78, 5) is 13.6. The third-order valence-electron chi connectivity index (χ3n) is 2.80. The fourth-order valence-electron chi connectivity index (χ4n) is 1.76. The van der Waals surface area contributed by atoms with Gasteiger partial charge in [-0.3, -0.25) is 10.1 Å². The molecule has 0 aliphatic rings. The van der Waals surface area contributed by atoms with Crippen molar-refractivity contribution in [2.24, 2.45) is 0 Å². The van der Waals surface area contributed by atoms with Crippen LogP contribution >= 0.6 is 0 Å². The van der Waals surface area contributed by atoms with Crippen LogP contribution in [-0.2, 0) is 6.54 Å². The first-order chi connectivity index (χ1) is 10.2. The molecule has 0 radical (unpaired) electrons. The van der Waals surface area contributed by atoms with Gasteiger partial charge < -0.3 is 4.74 Å². The number of benzene rings is 1. The van der Waals surface area contributed by atoms with Crippen molar-refractivity contribution in [2.75, 3.05) is 11.9 Å². The van der Waals surface area contributed by atoms with Crippen LogP contribution in [0, 0.1) is 0 Å². The quantitative estimate of drug-likeness (QED) is 0.844. The molecule has 0 aliphatic heterocycles. The van der Waals surface area contributed by atoms with Gasteiger partial charge in [-0.15, -0.1) is 5.10 Å². The van der Waals surface area contributed by atoms with Gasteiger partial charge in [-0.05, 0) is 36.8 Å². The van der Waals surface area contributed by atoms with Gasteiger partial charge in [0.25, 0.3) is 11.9 Å². The summed E-state index contributed by atoms with van der Waals surface area (Å²) in [5, 5.41) is 14.4. The molecule has 2 rings (SSSR count). The number of carbonyl (C=O) groups excluding carboxylic acids is 1. The molecule has 0 unspecified atom stereocenters. The van der Waals surface area contributed by atoms with E-state index in [4.69, 9.17) is 4.74 Å². The van der Waals surface area contributed by atoms with Crippen molar-refractivity contribution in [3.05, 3.63) is 29.8 Å². The predicted octanol–water partition coefficient (Wildman–Crippen LogP) is 2.12. The third kappa shape index (κ3) is 4.27. The number of ether oxygens (including phenoxy) is 1. The Balaban J connectivity index is 2.00. The minimum atomic E-state index is -0.286. The van der Waals surface area contributed by atoms with E-state index in [-0.39, 0.29) is 11.9 Å². The highest BCUT2D eigenvalue weighted by molar-refractivity contribution is 6.03. The summed E-state index contributed by atoms with van der Waals surface area (Å²) in [6.07, 6.45) is 2.02. The van der Waals surface area contributed by atoms with Gasteiger partial charge in [0.15, 0.2) is 0 Å². The predicted molar refractivity (Wildman–Crippen MR) is 78.3 cm³/mol. The lowest BCUT2D eigenvalue weighted by molar-refractivity contribution is 0.102. The van der Waals surface area contributed by atoms with Crippen molar-refractivity contribution in [3.63, 3.8) is 0 Å². The molecule has 1 aromatic heterocycles. The van der Waals surface area contributed by atoms with E-state index in [1.54, 1.807) is 24.3 Å².